The maximum Gasteiger partial charge on any atom is 0.165 e. The summed E-state index contributed by atoms with van der Waals surface area (Å²) in [6.07, 6.45) is 1.87. The molecule has 120 valence electrons. The third-order valence-corrected chi connectivity index (χ3v) is 5.24. The molecule has 0 spiro atoms. The Bertz CT molecular complexity index is 785. The lowest BCUT2D eigenvalue weighted by molar-refractivity contribution is 0.225. The first-order valence-electron chi connectivity index (χ1n) is 7.95. The Kier molecular flexibility index (Phi) is 3.23. The lowest BCUT2D eigenvalue weighted by atomic mass is 9.76. The largest absolute Gasteiger partial charge is 0.504 e. The van der Waals surface area contributed by atoms with Crippen molar-refractivity contribution in [3.63, 3.8) is 0 Å². The molecule has 0 fully saturated rings. The number of hydrogen-bond donors (Lipinski definition) is 1. The smallest absolute Gasteiger partial charge is 0.165 e. The monoisotopic (exact) mass is 311 g/mol. The molecule has 0 aromatic heterocycles. The van der Waals surface area contributed by atoms with E-state index in [-0.39, 0.29) is 5.75 Å². The van der Waals surface area contributed by atoms with E-state index in [2.05, 4.69) is 24.1 Å². The van der Waals surface area contributed by atoms with Crippen molar-refractivity contribution in [3.05, 3.63) is 41.0 Å². The van der Waals surface area contributed by atoms with Crippen molar-refractivity contribution in [2.24, 2.45) is 0 Å². The third-order valence-electron chi connectivity index (χ3n) is 5.24. The van der Waals surface area contributed by atoms with E-state index in [4.69, 9.17) is 9.47 Å². The van der Waals surface area contributed by atoms with Crippen LogP contribution in [0.25, 0.3) is 11.1 Å². The van der Waals surface area contributed by atoms with Crippen LogP contribution in [0.2, 0.25) is 0 Å². The van der Waals surface area contributed by atoms with Gasteiger partial charge in [-0.3, -0.25) is 4.90 Å². The molecule has 0 amide bonds. The minimum absolute atomic E-state index is 0.240. The molecule has 4 rings (SSSR count). The number of phenols is 1. The van der Waals surface area contributed by atoms with Crippen molar-refractivity contribution in [3.8, 4) is 28.4 Å². The van der Waals surface area contributed by atoms with E-state index in [1.165, 1.54) is 16.7 Å². The van der Waals surface area contributed by atoms with Gasteiger partial charge in [0.1, 0.15) is 5.75 Å². The van der Waals surface area contributed by atoms with Crippen molar-refractivity contribution in [1.29, 1.82) is 0 Å². The topological polar surface area (TPSA) is 41.9 Å². The number of aromatic hydroxyl groups is 1. The van der Waals surface area contributed by atoms with Crippen molar-refractivity contribution < 1.29 is 14.6 Å². The lowest BCUT2D eigenvalue weighted by Crippen LogP contribution is -2.35. The Morgan fingerprint density at radius 3 is 2.57 bits per heavy atom. The van der Waals surface area contributed by atoms with E-state index in [1.807, 2.05) is 12.1 Å². The summed E-state index contributed by atoms with van der Waals surface area (Å²) in [5, 5.41) is 10.7. The number of hydrogen-bond acceptors (Lipinski definition) is 4. The van der Waals surface area contributed by atoms with Gasteiger partial charge in [-0.1, -0.05) is 12.1 Å². The van der Waals surface area contributed by atoms with Gasteiger partial charge in [0.2, 0.25) is 0 Å². The van der Waals surface area contributed by atoms with Crippen LogP contribution < -0.4 is 9.47 Å². The average molecular weight is 311 g/mol. The van der Waals surface area contributed by atoms with Gasteiger partial charge in [-0.25, -0.2) is 0 Å². The molecule has 1 aliphatic carbocycles. The quantitative estimate of drug-likeness (QED) is 0.925. The molecule has 0 unspecified atom stereocenters. The number of nitrogens with zero attached hydrogens (tertiary/aromatic N) is 1. The molecular formula is C19H21NO3. The molecule has 1 aliphatic heterocycles. The Labute approximate surface area is 136 Å². The number of likely N-dealkylation sites (N-methyl/N-ethyl adjacent to an activating group) is 1. The first-order chi connectivity index (χ1) is 11.2. The molecule has 2 aromatic rings. The van der Waals surface area contributed by atoms with Gasteiger partial charge in [0.15, 0.2) is 11.5 Å². The summed E-state index contributed by atoms with van der Waals surface area (Å²) in [6.45, 7) is 1.02. The van der Waals surface area contributed by atoms with Crippen LogP contribution in [0.4, 0.5) is 0 Å². The molecule has 0 bridgehead atoms. The van der Waals surface area contributed by atoms with Gasteiger partial charge < -0.3 is 14.6 Å². The zero-order valence-electron chi connectivity index (χ0n) is 13.7. The maximum absolute atomic E-state index is 10.7. The van der Waals surface area contributed by atoms with Crippen molar-refractivity contribution in [1.82, 2.24) is 4.90 Å². The van der Waals surface area contributed by atoms with Gasteiger partial charge in [-0.2, -0.15) is 0 Å². The summed E-state index contributed by atoms with van der Waals surface area (Å²) in [4.78, 5) is 2.40. The Morgan fingerprint density at radius 2 is 1.83 bits per heavy atom. The van der Waals surface area contributed by atoms with E-state index >= 15 is 0 Å². The molecule has 0 radical (unpaired) electrons. The summed E-state index contributed by atoms with van der Waals surface area (Å²) >= 11 is 0. The summed E-state index contributed by atoms with van der Waals surface area (Å²) in [7, 11) is 5.48. The predicted molar refractivity (Wildman–Crippen MR) is 89.4 cm³/mol. The molecule has 1 heterocycles. The second-order valence-electron chi connectivity index (χ2n) is 6.31. The highest BCUT2D eigenvalue weighted by Crippen LogP contribution is 2.51. The van der Waals surface area contributed by atoms with Crippen molar-refractivity contribution in [2.45, 2.75) is 18.9 Å². The molecule has 23 heavy (non-hydrogen) atoms. The van der Waals surface area contributed by atoms with Gasteiger partial charge in [0.05, 0.1) is 14.2 Å². The number of benzene rings is 2. The van der Waals surface area contributed by atoms with Gasteiger partial charge in [-0.05, 0) is 48.7 Å². The predicted octanol–water partition coefficient (Wildman–Crippen LogP) is 3.16. The molecule has 2 aliphatic rings. The normalized spacial score (nSPS) is 19.0. The maximum atomic E-state index is 10.7. The molecule has 2 aromatic carbocycles. The second-order valence-corrected chi connectivity index (χ2v) is 6.31. The van der Waals surface area contributed by atoms with E-state index in [0.717, 1.165) is 36.3 Å². The van der Waals surface area contributed by atoms with Gasteiger partial charge in [0.25, 0.3) is 0 Å². The molecule has 1 atom stereocenters. The molecule has 4 nitrogen and oxygen atoms in total. The average Bonchev–Trinajstić information content (AvgIpc) is 2.57. The number of fused-ring (bicyclic) bond motifs is 2. The van der Waals surface area contributed by atoms with E-state index in [9.17, 15) is 5.11 Å². The zero-order valence-corrected chi connectivity index (χ0v) is 13.7. The van der Waals surface area contributed by atoms with Crippen LogP contribution in [0, 0.1) is 0 Å². The molecule has 1 N–H and O–H groups in total. The Balaban J connectivity index is 2.03. The van der Waals surface area contributed by atoms with Gasteiger partial charge >= 0.3 is 0 Å². The van der Waals surface area contributed by atoms with Crippen LogP contribution >= 0.6 is 0 Å². The standard InChI is InChI=1S/C19H21NO3/c1-20-9-8-12-15(22-2)7-5-13-17-11(10-14(20)18(12)13)4-6-16(23-3)19(17)21/h4-7,14,21H,8-10H2,1-3H3/t14-/m1/s1. The van der Waals surface area contributed by atoms with Crippen molar-refractivity contribution >= 4 is 0 Å². The number of rotatable bonds is 2. The minimum Gasteiger partial charge on any atom is -0.504 e. The molecule has 0 saturated carbocycles. The lowest BCUT2D eigenvalue weighted by Gasteiger charge is -2.40. The highest BCUT2D eigenvalue weighted by atomic mass is 16.5. The first kappa shape index (κ1) is 14.4. The summed E-state index contributed by atoms with van der Waals surface area (Å²) in [5.74, 6) is 1.72. The fraction of sp³-hybridized carbons (Fsp3) is 0.368. The molecule has 4 heteroatoms. The van der Waals surface area contributed by atoms with E-state index in [0.29, 0.717) is 11.8 Å². The van der Waals surface area contributed by atoms with Crippen molar-refractivity contribution in [2.75, 3.05) is 27.8 Å². The molecular weight excluding hydrogens is 290 g/mol. The summed E-state index contributed by atoms with van der Waals surface area (Å²) in [5.41, 5.74) is 5.77. The Hall–Kier alpha value is -2.20. The van der Waals surface area contributed by atoms with Crippen LogP contribution in [-0.4, -0.2) is 37.8 Å². The first-order valence-corrected chi connectivity index (χ1v) is 7.95. The fourth-order valence-corrected chi connectivity index (χ4v) is 4.07. The van der Waals surface area contributed by atoms with E-state index in [1.54, 1.807) is 14.2 Å². The van der Waals surface area contributed by atoms with Gasteiger partial charge in [0, 0.05) is 23.7 Å². The highest BCUT2D eigenvalue weighted by molar-refractivity contribution is 5.83. The SMILES string of the molecule is COc1ccc2c(c1O)-c1ccc(OC)c3c1[C@@H](C2)N(C)CC3. The summed E-state index contributed by atoms with van der Waals surface area (Å²) < 4.78 is 10.9. The number of ether oxygens (including phenoxy) is 2. The van der Waals surface area contributed by atoms with Crippen LogP contribution in [0.3, 0.4) is 0 Å². The second kappa shape index (κ2) is 5.17. The fourth-order valence-electron chi connectivity index (χ4n) is 4.07. The van der Waals surface area contributed by atoms with Crippen LogP contribution in [-0.2, 0) is 12.8 Å². The molecule has 0 saturated heterocycles. The van der Waals surface area contributed by atoms with Crippen LogP contribution in [0.15, 0.2) is 24.3 Å². The van der Waals surface area contributed by atoms with Crippen LogP contribution in [0.1, 0.15) is 22.7 Å². The highest BCUT2D eigenvalue weighted by Gasteiger charge is 2.35. The number of phenolic OH excluding ortho intramolecular Hbond substituents is 1. The third kappa shape index (κ3) is 1.94. The van der Waals surface area contributed by atoms with Gasteiger partial charge in [-0.15, -0.1) is 0 Å². The van der Waals surface area contributed by atoms with E-state index < -0.39 is 0 Å². The Morgan fingerprint density at radius 1 is 1.09 bits per heavy atom. The number of methoxy groups -OCH3 is 2. The summed E-state index contributed by atoms with van der Waals surface area (Å²) in [6, 6.07) is 8.35. The van der Waals surface area contributed by atoms with Crippen LogP contribution in [0.5, 0.6) is 17.2 Å². The zero-order chi connectivity index (χ0) is 16.1. The minimum atomic E-state index is 0.240.